The number of imidazole rings is 1. The molecule has 3 heterocycles. The second-order valence-electron chi connectivity index (χ2n) is 6.75. The minimum absolute atomic E-state index is 0.139. The molecular weight excluding hydrogens is 346 g/mol. The number of pyridine rings is 1. The van der Waals surface area contributed by atoms with E-state index in [1.807, 2.05) is 28.8 Å². The van der Waals surface area contributed by atoms with Gasteiger partial charge >= 0.3 is 5.97 Å². The molecule has 8 nitrogen and oxygen atoms in total. The summed E-state index contributed by atoms with van der Waals surface area (Å²) in [6, 6.07) is 7.56. The number of nitrogens with zero attached hydrogens (tertiary/aromatic N) is 3. The zero-order valence-electron chi connectivity index (χ0n) is 15.2. The molecule has 0 amide bonds. The van der Waals surface area contributed by atoms with Crippen molar-refractivity contribution in [3.8, 4) is 11.3 Å². The van der Waals surface area contributed by atoms with Crippen LogP contribution in [0.4, 0.5) is 0 Å². The number of benzene rings is 1. The summed E-state index contributed by atoms with van der Waals surface area (Å²) in [6.07, 6.45) is 3.36. The number of ether oxygens (including phenoxy) is 1. The van der Waals surface area contributed by atoms with E-state index in [9.17, 15) is 9.59 Å². The van der Waals surface area contributed by atoms with Crippen molar-refractivity contribution in [2.24, 2.45) is 5.92 Å². The maximum Gasteiger partial charge on any atom is 0.341 e. The van der Waals surface area contributed by atoms with Crippen LogP contribution in [-0.2, 0) is 4.74 Å². The Morgan fingerprint density at radius 2 is 2.00 bits per heavy atom. The Morgan fingerprint density at radius 1 is 1.22 bits per heavy atom. The van der Waals surface area contributed by atoms with Crippen LogP contribution in [0.5, 0.6) is 0 Å². The number of hydrogen-bond acceptors (Lipinski definition) is 5. The van der Waals surface area contributed by atoms with Crippen molar-refractivity contribution >= 4 is 17.0 Å². The third kappa shape index (κ3) is 2.79. The number of hydrogen-bond donors (Lipinski definition) is 2. The molecule has 27 heavy (non-hydrogen) atoms. The van der Waals surface area contributed by atoms with Crippen LogP contribution in [0, 0.1) is 5.92 Å². The van der Waals surface area contributed by atoms with Gasteiger partial charge in [-0.15, -0.1) is 0 Å². The summed E-state index contributed by atoms with van der Waals surface area (Å²) in [5, 5.41) is 6.37. The molecule has 2 aliphatic heterocycles. The first-order chi connectivity index (χ1) is 13.0. The third-order valence-corrected chi connectivity index (χ3v) is 4.63. The highest BCUT2D eigenvalue weighted by atomic mass is 16.5. The minimum Gasteiger partial charge on any atom is -0.465 e. The Kier molecular flexibility index (Phi) is 4.02. The fourth-order valence-electron chi connectivity index (χ4n) is 3.39. The van der Waals surface area contributed by atoms with Gasteiger partial charge in [0.15, 0.2) is 0 Å². The van der Waals surface area contributed by atoms with Crippen LogP contribution in [-0.4, -0.2) is 37.8 Å². The van der Waals surface area contributed by atoms with Crippen LogP contribution in [0.1, 0.15) is 36.1 Å². The largest absolute Gasteiger partial charge is 0.465 e. The van der Waals surface area contributed by atoms with Gasteiger partial charge in [-0.2, -0.15) is 5.10 Å². The second kappa shape index (κ2) is 6.39. The van der Waals surface area contributed by atoms with E-state index in [1.165, 1.54) is 7.11 Å². The molecule has 0 fully saturated rings. The van der Waals surface area contributed by atoms with Crippen molar-refractivity contribution in [3.63, 3.8) is 0 Å². The average Bonchev–Trinajstić information content (AvgIpc) is 3.24. The van der Waals surface area contributed by atoms with Crippen LogP contribution in [0.15, 0.2) is 41.5 Å². The standard InChI is InChI=1S/C19H19N5O3/c1-10(2)16(17-20-13-6-4-5-7-14(13)21-17)24-8-11-15(22-23-18(11)25)12(9-24)19(26)27-3/h4-10,16H,1-3H3,(H,20,21)(H,23,25). The first kappa shape index (κ1) is 17.0. The zero-order chi connectivity index (χ0) is 19.1. The molecule has 1 atom stereocenters. The maximum atomic E-state index is 12.2. The summed E-state index contributed by atoms with van der Waals surface area (Å²) in [6.45, 7) is 4.11. The molecule has 0 saturated heterocycles. The number of rotatable bonds is 4. The van der Waals surface area contributed by atoms with Crippen LogP contribution in [0.3, 0.4) is 0 Å². The fourth-order valence-corrected chi connectivity index (χ4v) is 3.39. The number of para-hydroxylation sites is 2. The molecule has 2 aliphatic rings. The first-order valence-corrected chi connectivity index (χ1v) is 8.62. The molecule has 1 aromatic carbocycles. The summed E-state index contributed by atoms with van der Waals surface area (Å²) in [4.78, 5) is 32.4. The molecule has 1 unspecified atom stereocenters. The topological polar surface area (TPSA) is 106 Å². The van der Waals surface area contributed by atoms with Crippen molar-refractivity contribution in [2.75, 3.05) is 7.11 Å². The van der Waals surface area contributed by atoms with E-state index < -0.39 is 5.97 Å². The number of aromatic nitrogens is 5. The van der Waals surface area contributed by atoms with Crippen LogP contribution in [0.2, 0.25) is 0 Å². The Bertz CT molecular complexity index is 1120. The Hall–Kier alpha value is -3.42. The summed E-state index contributed by atoms with van der Waals surface area (Å²) >= 11 is 0. The lowest BCUT2D eigenvalue weighted by Crippen LogP contribution is -2.21. The highest BCUT2D eigenvalue weighted by Gasteiger charge is 2.27. The number of carbonyl (C=O) groups excluding carboxylic acids is 1. The van der Waals surface area contributed by atoms with Gasteiger partial charge in [0, 0.05) is 12.4 Å². The van der Waals surface area contributed by atoms with E-state index in [2.05, 4.69) is 29.0 Å². The number of fused-ring (bicyclic) bond motifs is 2. The van der Waals surface area contributed by atoms with E-state index in [-0.39, 0.29) is 23.1 Å². The Morgan fingerprint density at radius 3 is 2.70 bits per heavy atom. The van der Waals surface area contributed by atoms with E-state index in [0.29, 0.717) is 11.3 Å². The Balaban J connectivity index is 1.94. The molecule has 0 spiro atoms. The molecule has 0 saturated carbocycles. The van der Waals surface area contributed by atoms with Gasteiger partial charge in [0.05, 0.1) is 29.7 Å². The number of carbonyl (C=O) groups is 1. The van der Waals surface area contributed by atoms with Crippen molar-refractivity contribution < 1.29 is 9.53 Å². The summed E-state index contributed by atoms with van der Waals surface area (Å²) in [5.41, 5.74) is 2.31. The Labute approximate surface area is 154 Å². The molecule has 138 valence electrons. The van der Waals surface area contributed by atoms with E-state index in [0.717, 1.165) is 16.9 Å². The van der Waals surface area contributed by atoms with Gasteiger partial charge in [-0.25, -0.2) is 14.9 Å². The quantitative estimate of drug-likeness (QED) is 0.541. The van der Waals surface area contributed by atoms with Crippen LogP contribution in [0.25, 0.3) is 22.3 Å². The molecular formula is C19H19N5O3. The molecule has 8 heteroatoms. The fraction of sp³-hybridized carbons (Fsp3) is 0.263. The van der Waals surface area contributed by atoms with Gasteiger partial charge < -0.3 is 14.3 Å². The van der Waals surface area contributed by atoms with Crippen LogP contribution < -0.4 is 5.56 Å². The monoisotopic (exact) mass is 365 g/mol. The predicted molar refractivity (Wildman–Crippen MR) is 99.9 cm³/mol. The van der Waals surface area contributed by atoms with Crippen molar-refractivity contribution in [3.05, 3.63) is 58.4 Å². The number of aromatic amines is 2. The average molecular weight is 365 g/mol. The smallest absolute Gasteiger partial charge is 0.341 e. The summed E-state index contributed by atoms with van der Waals surface area (Å²) in [5.74, 6) is 0.343. The maximum absolute atomic E-state index is 12.2. The van der Waals surface area contributed by atoms with Gasteiger partial charge in [0.1, 0.15) is 17.1 Å². The first-order valence-electron chi connectivity index (χ1n) is 8.62. The molecule has 1 aromatic heterocycles. The highest BCUT2D eigenvalue weighted by molar-refractivity contribution is 5.96. The predicted octanol–water partition coefficient (Wildman–Crippen LogP) is 2.58. The lowest BCUT2D eigenvalue weighted by atomic mass is 10.0. The van der Waals surface area contributed by atoms with Crippen molar-refractivity contribution in [1.82, 2.24) is 24.7 Å². The molecule has 2 aromatic rings. The van der Waals surface area contributed by atoms with Crippen molar-refractivity contribution in [2.45, 2.75) is 19.9 Å². The molecule has 4 rings (SSSR count). The van der Waals surface area contributed by atoms with Crippen molar-refractivity contribution in [1.29, 1.82) is 0 Å². The number of esters is 1. The summed E-state index contributed by atoms with van der Waals surface area (Å²) in [7, 11) is 1.30. The second-order valence-corrected chi connectivity index (χ2v) is 6.75. The summed E-state index contributed by atoms with van der Waals surface area (Å²) < 4.78 is 6.70. The number of nitrogens with one attached hydrogen (secondary N) is 2. The van der Waals surface area contributed by atoms with Gasteiger partial charge in [0.2, 0.25) is 0 Å². The molecule has 0 aliphatic carbocycles. The highest BCUT2D eigenvalue weighted by Crippen LogP contribution is 2.30. The van der Waals surface area contributed by atoms with Gasteiger partial charge in [-0.05, 0) is 18.1 Å². The van der Waals surface area contributed by atoms with Gasteiger partial charge in [-0.1, -0.05) is 26.0 Å². The third-order valence-electron chi connectivity index (χ3n) is 4.63. The lowest BCUT2D eigenvalue weighted by Gasteiger charge is -2.24. The van der Waals surface area contributed by atoms with E-state index >= 15 is 0 Å². The number of methoxy groups -OCH3 is 1. The van der Waals surface area contributed by atoms with Gasteiger partial charge in [0.25, 0.3) is 5.56 Å². The lowest BCUT2D eigenvalue weighted by molar-refractivity contribution is 0.0600. The SMILES string of the molecule is COC(=O)c1cn(C(c2nc3ccccc3[nH]2)C(C)C)cc2c(=O)[nH]nc1-2. The normalized spacial score (nSPS) is 12.7. The van der Waals surface area contributed by atoms with E-state index in [4.69, 9.17) is 9.72 Å². The van der Waals surface area contributed by atoms with Gasteiger partial charge in [-0.3, -0.25) is 4.79 Å². The number of H-pyrrole nitrogens is 2. The van der Waals surface area contributed by atoms with E-state index in [1.54, 1.807) is 12.4 Å². The molecule has 0 radical (unpaired) electrons. The molecule has 2 N–H and O–H groups in total. The molecule has 0 bridgehead atoms. The van der Waals surface area contributed by atoms with Crippen LogP contribution >= 0.6 is 0 Å². The zero-order valence-corrected chi connectivity index (χ0v) is 15.2. The minimum atomic E-state index is -0.548.